The van der Waals surface area contributed by atoms with E-state index in [0.29, 0.717) is 0 Å². The van der Waals surface area contributed by atoms with Crippen LogP contribution in [-0.2, 0) is 13.6 Å². The molecular formula is C15H30IN5. The second-order valence-electron chi connectivity index (χ2n) is 5.19. The minimum atomic E-state index is 0. The van der Waals surface area contributed by atoms with Crippen LogP contribution >= 0.6 is 24.0 Å². The number of hydrogen-bond donors (Lipinski definition) is 2. The Morgan fingerprint density at radius 3 is 2.43 bits per heavy atom. The number of nitrogens with one attached hydrogen (secondary N) is 2. The lowest BCUT2D eigenvalue weighted by molar-refractivity contribution is 0.647. The van der Waals surface area contributed by atoms with Gasteiger partial charge in [0.05, 0.1) is 5.69 Å². The van der Waals surface area contributed by atoms with E-state index in [1.807, 2.05) is 25.7 Å². The van der Waals surface area contributed by atoms with Crippen LogP contribution in [0.1, 0.15) is 49.6 Å². The molecule has 0 saturated carbocycles. The van der Waals surface area contributed by atoms with Crippen LogP contribution in [0.4, 0.5) is 0 Å². The summed E-state index contributed by atoms with van der Waals surface area (Å²) in [5.41, 5.74) is 3.53. The molecule has 0 amide bonds. The van der Waals surface area contributed by atoms with Crippen LogP contribution in [0.25, 0.3) is 0 Å². The Morgan fingerprint density at radius 1 is 1.19 bits per heavy atom. The van der Waals surface area contributed by atoms with Crippen molar-refractivity contribution in [1.82, 2.24) is 20.4 Å². The Hall–Kier alpha value is -0.790. The van der Waals surface area contributed by atoms with Gasteiger partial charge in [-0.25, -0.2) is 0 Å². The second-order valence-corrected chi connectivity index (χ2v) is 5.19. The zero-order valence-corrected chi connectivity index (χ0v) is 16.3. The first kappa shape index (κ1) is 20.2. The summed E-state index contributed by atoms with van der Waals surface area (Å²) in [5.74, 6) is 0.865. The van der Waals surface area contributed by atoms with Crippen LogP contribution < -0.4 is 10.6 Å². The Bertz CT molecular complexity index is 440. The lowest BCUT2D eigenvalue weighted by Gasteiger charge is -2.12. The van der Waals surface area contributed by atoms with Gasteiger partial charge >= 0.3 is 0 Å². The van der Waals surface area contributed by atoms with Crippen LogP contribution in [0.3, 0.4) is 0 Å². The average Bonchev–Trinajstić information content (AvgIpc) is 2.67. The van der Waals surface area contributed by atoms with Crippen molar-refractivity contribution in [3.63, 3.8) is 0 Å². The highest BCUT2D eigenvalue weighted by Crippen LogP contribution is 2.10. The highest BCUT2D eigenvalue weighted by molar-refractivity contribution is 14.0. The van der Waals surface area contributed by atoms with Gasteiger partial charge in [-0.3, -0.25) is 9.67 Å². The first-order valence-corrected chi connectivity index (χ1v) is 7.53. The highest BCUT2D eigenvalue weighted by Gasteiger charge is 2.09. The van der Waals surface area contributed by atoms with E-state index in [1.54, 1.807) is 0 Å². The molecule has 0 atom stereocenters. The van der Waals surface area contributed by atoms with Crippen molar-refractivity contribution < 1.29 is 0 Å². The van der Waals surface area contributed by atoms with Crippen LogP contribution in [-0.4, -0.2) is 29.3 Å². The summed E-state index contributed by atoms with van der Waals surface area (Å²) in [6.07, 6.45) is 5.05. The zero-order chi connectivity index (χ0) is 15.0. The fourth-order valence-corrected chi connectivity index (χ4v) is 2.22. The number of rotatable bonds is 7. The summed E-state index contributed by atoms with van der Waals surface area (Å²) in [5, 5.41) is 11.1. The van der Waals surface area contributed by atoms with Crippen LogP contribution in [0.15, 0.2) is 4.99 Å². The molecular weight excluding hydrogens is 377 g/mol. The summed E-state index contributed by atoms with van der Waals surface area (Å²) in [6, 6.07) is 0. The van der Waals surface area contributed by atoms with E-state index < -0.39 is 0 Å². The van der Waals surface area contributed by atoms with E-state index >= 15 is 0 Å². The Morgan fingerprint density at radius 2 is 1.90 bits per heavy atom. The zero-order valence-electron chi connectivity index (χ0n) is 14.0. The van der Waals surface area contributed by atoms with Crippen molar-refractivity contribution in [3.05, 3.63) is 17.0 Å². The normalized spacial score (nSPS) is 11.2. The van der Waals surface area contributed by atoms with Gasteiger partial charge in [0.25, 0.3) is 0 Å². The van der Waals surface area contributed by atoms with Crippen LogP contribution in [0, 0.1) is 13.8 Å². The molecule has 122 valence electrons. The maximum atomic E-state index is 4.43. The summed E-state index contributed by atoms with van der Waals surface area (Å²) in [4.78, 5) is 4.25. The molecule has 1 heterocycles. The van der Waals surface area contributed by atoms with E-state index in [4.69, 9.17) is 0 Å². The quantitative estimate of drug-likeness (QED) is 0.316. The van der Waals surface area contributed by atoms with Gasteiger partial charge in [0.1, 0.15) is 0 Å². The van der Waals surface area contributed by atoms with Gasteiger partial charge in [-0.05, 0) is 20.3 Å². The lowest BCUT2D eigenvalue weighted by Crippen LogP contribution is -2.37. The topological polar surface area (TPSA) is 54.2 Å². The van der Waals surface area contributed by atoms with Gasteiger partial charge in [-0.15, -0.1) is 24.0 Å². The summed E-state index contributed by atoms with van der Waals surface area (Å²) in [7, 11) is 3.79. The molecule has 0 radical (unpaired) electrons. The molecule has 0 aliphatic carbocycles. The standard InChI is InChI=1S/C15H29N5.HI/c1-6-7-8-9-10-17-15(16-4)18-11-14-12(2)19-20(5)13(14)3;/h6-11H2,1-5H3,(H2,16,17,18);1H. The average molecular weight is 407 g/mol. The van der Waals surface area contributed by atoms with Crippen LogP contribution in [0.2, 0.25) is 0 Å². The minimum absolute atomic E-state index is 0. The SMILES string of the molecule is CCCCCCNC(=NC)NCc1c(C)nn(C)c1C.I. The first-order valence-electron chi connectivity index (χ1n) is 7.53. The monoisotopic (exact) mass is 407 g/mol. The van der Waals surface area contributed by atoms with Crippen molar-refractivity contribution in [1.29, 1.82) is 0 Å². The third kappa shape index (κ3) is 6.67. The molecule has 5 nitrogen and oxygen atoms in total. The molecule has 2 N–H and O–H groups in total. The van der Waals surface area contributed by atoms with Gasteiger partial charge < -0.3 is 10.6 Å². The molecule has 0 spiro atoms. The maximum absolute atomic E-state index is 4.43. The molecule has 0 fully saturated rings. The number of hydrogen-bond acceptors (Lipinski definition) is 2. The van der Waals surface area contributed by atoms with Crippen molar-refractivity contribution in [2.75, 3.05) is 13.6 Å². The Labute approximate surface area is 146 Å². The third-order valence-electron chi connectivity index (χ3n) is 3.64. The molecule has 6 heteroatoms. The van der Waals surface area contributed by atoms with Crippen molar-refractivity contribution in [2.24, 2.45) is 12.0 Å². The number of nitrogens with zero attached hydrogens (tertiary/aromatic N) is 3. The van der Waals surface area contributed by atoms with Gasteiger partial charge in [0.2, 0.25) is 0 Å². The minimum Gasteiger partial charge on any atom is -0.356 e. The maximum Gasteiger partial charge on any atom is 0.191 e. The fourth-order valence-electron chi connectivity index (χ4n) is 2.22. The number of aliphatic imine (C=N–C) groups is 1. The summed E-state index contributed by atoms with van der Waals surface area (Å²) < 4.78 is 1.92. The molecule has 21 heavy (non-hydrogen) atoms. The van der Waals surface area contributed by atoms with E-state index in [-0.39, 0.29) is 24.0 Å². The summed E-state index contributed by atoms with van der Waals surface area (Å²) in [6.45, 7) is 8.11. The fraction of sp³-hybridized carbons (Fsp3) is 0.733. The predicted molar refractivity (Wildman–Crippen MR) is 100 cm³/mol. The van der Waals surface area contributed by atoms with Crippen molar-refractivity contribution >= 4 is 29.9 Å². The van der Waals surface area contributed by atoms with E-state index in [9.17, 15) is 0 Å². The molecule has 0 unspecified atom stereocenters. The molecule has 0 saturated heterocycles. The van der Waals surface area contributed by atoms with E-state index in [2.05, 4.69) is 34.6 Å². The number of unbranched alkanes of at least 4 members (excludes halogenated alkanes) is 3. The Kier molecular flexibility index (Phi) is 10.5. The van der Waals surface area contributed by atoms with Crippen LogP contribution in [0.5, 0.6) is 0 Å². The van der Waals surface area contributed by atoms with Crippen molar-refractivity contribution in [2.45, 2.75) is 53.0 Å². The van der Waals surface area contributed by atoms with Gasteiger partial charge in [0.15, 0.2) is 5.96 Å². The number of aromatic nitrogens is 2. The first-order chi connectivity index (χ1) is 9.60. The van der Waals surface area contributed by atoms with Crippen molar-refractivity contribution in [3.8, 4) is 0 Å². The largest absolute Gasteiger partial charge is 0.356 e. The van der Waals surface area contributed by atoms with Gasteiger partial charge in [0, 0.05) is 38.4 Å². The molecule has 1 aromatic rings. The molecule has 1 rings (SSSR count). The lowest BCUT2D eigenvalue weighted by atomic mass is 10.2. The smallest absolute Gasteiger partial charge is 0.191 e. The predicted octanol–water partition coefficient (Wildman–Crippen LogP) is 2.90. The molecule has 0 bridgehead atoms. The second kappa shape index (κ2) is 10.9. The molecule has 0 aromatic carbocycles. The molecule has 0 aliphatic rings. The molecule has 1 aromatic heterocycles. The number of guanidine groups is 1. The van der Waals surface area contributed by atoms with E-state index in [0.717, 1.165) is 24.7 Å². The third-order valence-corrected chi connectivity index (χ3v) is 3.64. The summed E-state index contributed by atoms with van der Waals surface area (Å²) >= 11 is 0. The number of halogens is 1. The Balaban J connectivity index is 0.00000400. The van der Waals surface area contributed by atoms with E-state index in [1.165, 1.54) is 36.9 Å². The highest BCUT2D eigenvalue weighted by atomic mass is 127. The number of aryl methyl sites for hydroxylation is 2. The molecule has 0 aliphatic heterocycles. The van der Waals surface area contributed by atoms with Gasteiger partial charge in [-0.2, -0.15) is 5.10 Å². The van der Waals surface area contributed by atoms with Gasteiger partial charge in [-0.1, -0.05) is 26.2 Å².